The van der Waals surface area contributed by atoms with Gasteiger partial charge in [0.25, 0.3) is 0 Å². The molecule has 3 heterocycles. The van der Waals surface area contributed by atoms with Crippen molar-refractivity contribution < 1.29 is 13.9 Å². The number of aromatic nitrogens is 4. The maximum absolute atomic E-state index is 12.7. The van der Waals surface area contributed by atoms with E-state index in [0.29, 0.717) is 22.4 Å². The molecular weight excluding hydrogens is 450 g/mol. The summed E-state index contributed by atoms with van der Waals surface area (Å²) in [5, 5.41) is 12.5. The average Bonchev–Trinajstić information content (AvgIpc) is 3.55. The smallest absolute Gasteiger partial charge is 0.234 e. The molecule has 8 nitrogen and oxygen atoms in total. The lowest BCUT2D eigenvalue weighted by Crippen LogP contribution is -2.15. The van der Waals surface area contributed by atoms with Gasteiger partial charge in [-0.1, -0.05) is 42.1 Å². The number of methoxy groups -OCH3 is 1. The fraction of sp³-hybridized carbons (Fsp3) is 0.160. The predicted octanol–water partition coefficient (Wildman–Crippen LogP) is 5.07. The number of nitrogens with zero attached hydrogens (tertiary/aromatic N) is 4. The average molecular weight is 474 g/mol. The van der Waals surface area contributed by atoms with Gasteiger partial charge in [0.05, 0.1) is 41.7 Å². The van der Waals surface area contributed by atoms with Crippen LogP contribution in [0, 0.1) is 6.92 Å². The molecule has 1 amide bonds. The number of benzene rings is 2. The van der Waals surface area contributed by atoms with Crippen LogP contribution in [0.15, 0.2) is 76.5 Å². The van der Waals surface area contributed by atoms with Crippen LogP contribution in [0.2, 0.25) is 0 Å². The van der Waals surface area contributed by atoms with Gasteiger partial charge in [-0.2, -0.15) is 0 Å². The summed E-state index contributed by atoms with van der Waals surface area (Å²) in [5.41, 5.74) is 5.27. The first-order chi connectivity index (χ1) is 16.6. The Morgan fingerprint density at radius 2 is 1.91 bits per heavy atom. The normalized spacial score (nSPS) is 11.1. The van der Waals surface area contributed by atoms with Crippen LogP contribution in [0.4, 0.5) is 5.69 Å². The molecule has 0 aliphatic carbocycles. The van der Waals surface area contributed by atoms with Crippen LogP contribution in [0.5, 0.6) is 5.75 Å². The minimum absolute atomic E-state index is 0.160. The van der Waals surface area contributed by atoms with Gasteiger partial charge in [-0.25, -0.2) is 0 Å². The van der Waals surface area contributed by atoms with Crippen molar-refractivity contribution in [2.24, 2.45) is 7.05 Å². The molecule has 0 unspecified atom stereocenters. The summed E-state index contributed by atoms with van der Waals surface area (Å²) in [6.45, 7) is 2.04. The molecule has 0 radical (unpaired) electrons. The summed E-state index contributed by atoms with van der Waals surface area (Å²) in [5.74, 6) is 1.29. The van der Waals surface area contributed by atoms with E-state index in [0.717, 1.165) is 28.0 Å². The van der Waals surface area contributed by atoms with Crippen molar-refractivity contribution in [1.82, 2.24) is 19.3 Å². The lowest BCUT2D eigenvalue weighted by atomic mass is 10.2. The molecular formula is C25H23N5O3S. The van der Waals surface area contributed by atoms with Gasteiger partial charge >= 0.3 is 0 Å². The first-order valence-corrected chi connectivity index (χ1v) is 11.7. The standard InChI is InChI=1S/C25H23N5O3S/c1-16-8-4-6-10-18(16)30-24(20-14-22-19(29(20)2)12-13-33-22)27-28-25(30)34-15-23(31)26-17-9-5-7-11-21(17)32-3/h4-14H,15H2,1-3H3,(H,26,31). The van der Waals surface area contributed by atoms with E-state index < -0.39 is 0 Å². The van der Waals surface area contributed by atoms with Crippen molar-refractivity contribution in [2.75, 3.05) is 18.2 Å². The minimum Gasteiger partial charge on any atom is -0.495 e. The molecule has 0 aliphatic heterocycles. The number of anilines is 1. The van der Waals surface area contributed by atoms with Crippen molar-refractivity contribution in [3.8, 4) is 23.0 Å². The van der Waals surface area contributed by atoms with E-state index in [1.165, 1.54) is 11.8 Å². The first-order valence-electron chi connectivity index (χ1n) is 10.7. The zero-order chi connectivity index (χ0) is 23.7. The van der Waals surface area contributed by atoms with Crippen LogP contribution in [0.25, 0.3) is 28.3 Å². The number of furan rings is 1. The molecule has 2 aromatic carbocycles. The zero-order valence-corrected chi connectivity index (χ0v) is 19.8. The topological polar surface area (TPSA) is 87.1 Å². The Morgan fingerprint density at radius 1 is 1.12 bits per heavy atom. The molecule has 0 fully saturated rings. The maximum atomic E-state index is 12.7. The number of para-hydroxylation sites is 3. The number of carbonyl (C=O) groups is 1. The SMILES string of the molecule is COc1ccccc1NC(=O)CSc1nnc(-c2cc3occc3n2C)n1-c1ccccc1C. The Bertz CT molecular complexity index is 1480. The molecule has 5 aromatic rings. The lowest BCUT2D eigenvalue weighted by Gasteiger charge is -2.13. The maximum Gasteiger partial charge on any atom is 0.234 e. The van der Waals surface area contributed by atoms with Crippen LogP contribution >= 0.6 is 11.8 Å². The van der Waals surface area contributed by atoms with Gasteiger partial charge in [-0.15, -0.1) is 10.2 Å². The Morgan fingerprint density at radius 3 is 2.71 bits per heavy atom. The fourth-order valence-corrected chi connectivity index (χ4v) is 4.63. The van der Waals surface area contributed by atoms with Crippen molar-refractivity contribution in [2.45, 2.75) is 12.1 Å². The van der Waals surface area contributed by atoms with E-state index in [9.17, 15) is 4.79 Å². The van der Waals surface area contributed by atoms with Crippen LogP contribution in [0.1, 0.15) is 5.56 Å². The van der Waals surface area contributed by atoms with Gasteiger partial charge in [0.1, 0.15) is 5.75 Å². The Hall–Kier alpha value is -3.98. The molecule has 0 atom stereocenters. The van der Waals surface area contributed by atoms with Gasteiger partial charge in [-0.05, 0) is 30.7 Å². The molecule has 34 heavy (non-hydrogen) atoms. The van der Waals surface area contributed by atoms with Gasteiger partial charge in [-0.3, -0.25) is 9.36 Å². The third-order valence-electron chi connectivity index (χ3n) is 5.60. The van der Waals surface area contributed by atoms with Crippen LogP contribution in [-0.2, 0) is 11.8 Å². The van der Waals surface area contributed by atoms with Crippen LogP contribution < -0.4 is 10.1 Å². The highest BCUT2D eigenvalue weighted by Crippen LogP contribution is 2.33. The van der Waals surface area contributed by atoms with Gasteiger partial charge < -0.3 is 19.0 Å². The zero-order valence-electron chi connectivity index (χ0n) is 19.0. The number of aryl methyl sites for hydroxylation is 2. The summed E-state index contributed by atoms with van der Waals surface area (Å²) in [7, 11) is 3.55. The van der Waals surface area contributed by atoms with E-state index in [1.807, 2.05) is 71.6 Å². The molecule has 0 bridgehead atoms. The summed E-state index contributed by atoms with van der Waals surface area (Å²) < 4.78 is 14.9. The van der Waals surface area contributed by atoms with E-state index in [2.05, 4.69) is 15.5 Å². The monoisotopic (exact) mass is 473 g/mol. The van der Waals surface area contributed by atoms with Gasteiger partial charge in [0, 0.05) is 19.2 Å². The number of thioether (sulfide) groups is 1. The first kappa shape index (κ1) is 21.8. The van der Waals surface area contributed by atoms with E-state index in [4.69, 9.17) is 9.15 Å². The number of carbonyl (C=O) groups excluding carboxylic acids is 1. The minimum atomic E-state index is -0.160. The van der Waals surface area contributed by atoms with Gasteiger partial charge in [0.2, 0.25) is 5.91 Å². The van der Waals surface area contributed by atoms with Crippen molar-refractivity contribution in [1.29, 1.82) is 0 Å². The molecule has 0 saturated carbocycles. The number of rotatable bonds is 7. The summed E-state index contributed by atoms with van der Waals surface area (Å²) in [4.78, 5) is 12.7. The lowest BCUT2D eigenvalue weighted by molar-refractivity contribution is -0.113. The third kappa shape index (κ3) is 3.94. The molecule has 172 valence electrons. The number of hydrogen-bond donors (Lipinski definition) is 1. The van der Waals surface area contributed by atoms with Crippen molar-refractivity contribution in [3.63, 3.8) is 0 Å². The van der Waals surface area contributed by atoms with Crippen LogP contribution in [0.3, 0.4) is 0 Å². The number of hydrogen-bond acceptors (Lipinski definition) is 6. The van der Waals surface area contributed by atoms with Crippen molar-refractivity contribution in [3.05, 3.63) is 72.5 Å². The Kier molecular flexibility index (Phi) is 5.85. The molecule has 9 heteroatoms. The molecule has 0 spiro atoms. The van der Waals surface area contributed by atoms with Gasteiger partial charge in [0.15, 0.2) is 16.6 Å². The fourth-order valence-electron chi connectivity index (χ4n) is 3.89. The molecule has 0 aliphatic rings. The number of nitrogens with one attached hydrogen (secondary N) is 1. The van der Waals surface area contributed by atoms with E-state index in [-0.39, 0.29) is 11.7 Å². The third-order valence-corrected chi connectivity index (χ3v) is 6.53. The van der Waals surface area contributed by atoms with E-state index in [1.54, 1.807) is 25.5 Å². The molecule has 0 saturated heterocycles. The number of amides is 1. The molecule has 1 N–H and O–H groups in total. The van der Waals surface area contributed by atoms with Crippen LogP contribution in [-0.4, -0.2) is 38.1 Å². The van der Waals surface area contributed by atoms with E-state index >= 15 is 0 Å². The summed E-state index contributed by atoms with van der Waals surface area (Å²) in [6, 6.07) is 19.2. The highest BCUT2D eigenvalue weighted by Gasteiger charge is 2.22. The predicted molar refractivity (Wildman–Crippen MR) is 133 cm³/mol. The second kappa shape index (κ2) is 9.11. The quantitative estimate of drug-likeness (QED) is 0.332. The Labute approximate surface area is 200 Å². The second-order valence-electron chi connectivity index (χ2n) is 7.72. The Balaban J connectivity index is 1.48. The molecule has 5 rings (SSSR count). The molecule has 3 aromatic heterocycles. The highest BCUT2D eigenvalue weighted by molar-refractivity contribution is 7.99. The second-order valence-corrected chi connectivity index (χ2v) is 8.67. The van der Waals surface area contributed by atoms with Crippen molar-refractivity contribution >= 4 is 34.5 Å². The number of fused-ring (bicyclic) bond motifs is 1. The largest absolute Gasteiger partial charge is 0.495 e. The number of ether oxygens (including phenoxy) is 1. The summed E-state index contributed by atoms with van der Waals surface area (Å²) in [6.07, 6.45) is 1.67. The highest BCUT2D eigenvalue weighted by atomic mass is 32.2. The summed E-state index contributed by atoms with van der Waals surface area (Å²) >= 11 is 1.33.